The van der Waals surface area contributed by atoms with E-state index >= 15 is 0 Å². The lowest BCUT2D eigenvalue weighted by Gasteiger charge is -2.38. The molecule has 0 saturated carbocycles. The van der Waals surface area contributed by atoms with Gasteiger partial charge in [0.15, 0.2) is 5.03 Å². The van der Waals surface area contributed by atoms with Gasteiger partial charge in [-0.3, -0.25) is 14.4 Å². The van der Waals surface area contributed by atoms with E-state index < -0.39 is 16.1 Å². The number of aliphatic hydroxyl groups is 1. The lowest BCUT2D eigenvalue weighted by atomic mass is 9.99. The summed E-state index contributed by atoms with van der Waals surface area (Å²) >= 11 is 0. The molecule has 2 N–H and O–H groups in total. The standard InChI is InChI=1S/C27H35N5O5S/c1-19-13-32(20(2)17-33)27(34)23-12-22(29-38(35,36)26-16-31(4)18-28-26)10-11-24(23)37-25(19)15-30(3)14-21-8-6-5-7-9-21/h5-12,16,18-20,25,29,33H,13-15,17H2,1-4H3/t19-,20+,25-/m0/s1. The summed E-state index contributed by atoms with van der Waals surface area (Å²) in [7, 11) is -0.242. The zero-order valence-corrected chi connectivity index (χ0v) is 22.9. The first kappa shape index (κ1) is 27.6. The van der Waals surface area contributed by atoms with Gasteiger partial charge < -0.3 is 19.3 Å². The maximum Gasteiger partial charge on any atom is 0.280 e. The SMILES string of the molecule is C[C@H](CO)N1C[C@H](C)[C@H](CN(C)Cc2ccccc2)Oc2ccc(NS(=O)(=O)c3cn(C)cn3)cc2C1=O. The van der Waals surface area contributed by atoms with Crippen molar-refractivity contribution in [2.24, 2.45) is 13.0 Å². The molecule has 38 heavy (non-hydrogen) atoms. The van der Waals surface area contributed by atoms with E-state index in [4.69, 9.17) is 4.74 Å². The third kappa shape index (κ3) is 6.35. The third-order valence-electron chi connectivity index (χ3n) is 6.66. The average Bonchev–Trinajstić information content (AvgIpc) is 3.34. The summed E-state index contributed by atoms with van der Waals surface area (Å²) in [5.41, 5.74) is 1.63. The minimum absolute atomic E-state index is 0.0262. The number of fused-ring (bicyclic) bond motifs is 1. The molecule has 1 aromatic heterocycles. The van der Waals surface area contributed by atoms with Gasteiger partial charge in [0.25, 0.3) is 15.9 Å². The van der Waals surface area contributed by atoms with Crippen LogP contribution in [-0.2, 0) is 23.6 Å². The van der Waals surface area contributed by atoms with Crippen molar-refractivity contribution < 1.29 is 23.1 Å². The monoisotopic (exact) mass is 541 g/mol. The molecule has 2 aromatic carbocycles. The number of carbonyl (C=O) groups excluding carboxylic acids is 1. The minimum atomic E-state index is -3.95. The number of nitrogens with one attached hydrogen (secondary N) is 1. The number of hydrogen-bond acceptors (Lipinski definition) is 7. The summed E-state index contributed by atoms with van der Waals surface area (Å²) < 4.78 is 36.1. The van der Waals surface area contributed by atoms with Crippen LogP contribution in [-0.4, -0.2) is 77.7 Å². The maximum absolute atomic E-state index is 13.6. The Balaban J connectivity index is 1.63. The van der Waals surface area contributed by atoms with Crippen LogP contribution in [0.1, 0.15) is 29.8 Å². The molecule has 0 radical (unpaired) electrons. The van der Waals surface area contributed by atoms with Crippen molar-refractivity contribution in [1.82, 2.24) is 19.4 Å². The van der Waals surface area contributed by atoms with E-state index in [-0.39, 0.29) is 40.8 Å². The molecule has 0 saturated heterocycles. The Morgan fingerprint density at radius 1 is 1.24 bits per heavy atom. The highest BCUT2D eigenvalue weighted by Crippen LogP contribution is 2.31. The number of hydrogen-bond donors (Lipinski definition) is 2. The predicted octanol–water partition coefficient (Wildman–Crippen LogP) is 2.57. The van der Waals surface area contributed by atoms with Crippen LogP contribution < -0.4 is 9.46 Å². The van der Waals surface area contributed by atoms with Crippen molar-refractivity contribution in [3.63, 3.8) is 0 Å². The molecule has 1 aliphatic rings. The molecular formula is C27H35N5O5S. The van der Waals surface area contributed by atoms with Crippen LogP contribution in [0.3, 0.4) is 0 Å². The molecule has 11 heteroatoms. The molecular weight excluding hydrogens is 506 g/mol. The van der Waals surface area contributed by atoms with Gasteiger partial charge in [-0.05, 0) is 37.7 Å². The minimum Gasteiger partial charge on any atom is -0.488 e. The highest BCUT2D eigenvalue weighted by atomic mass is 32.2. The Morgan fingerprint density at radius 3 is 2.63 bits per heavy atom. The van der Waals surface area contributed by atoms with Crippen molar-refractivity contribution >= 4 is 21.6 Å². The van der Waals surface area contributed by atoms with E-state index in [1.54, 1.807) is 31.0 Å². The quantitative estimate of drug-likeness (QED) is 0.428. The van der Waals surface area contributed by atoms with E-state index in [1.807, 2.05) is 32.2 Å². The lowest BCUT2D eigenvalue weighted by Crippen LogP contribution is -2.49. The molecule has 4 rings (SSSR count). The van der Waals surface area contributed by atoms with Crippen molar-refractivity contribution in [3.05, 3.63) is 72.2 Å². The van der Waals surface area contributed by atoms with E-state index in [0.29, 0.717) is 18.8 Å². The second kappa shape index (κ2) is 11.5. The van der Waals surface area contributed by atoms with Crippen LogP contribution in [0.15, 0.2) is 66.1 Å². The number of ether oxygens (including phenoxy) is 1. The van der Waals surface area contributed by atoms with Gasteiger partial charge in [-0.2, -0.15) is 8.42 Å². The fourth-order valence-electron chi connectivity index (χ4n) is 4.51. The zero-order valence-electron chi connectivity index (χ0n) is 22.1. The van der Waals surface area contributed by atoms with Crippen LogP contribution in [0.5, 0.6) is 5.75 Å². The van der Waals surface area contributed by atoms with Crippen molar-refractivity contribution in [2.75, 3.05) is 31.5 Å². The molecule has 3 atom stereocenters. The summed E-state index contributed by atoms with van der Waals surface area (Å²) in [4.78, 5) is 21.4. The van der Waals surface area contributed by atoms with Crippen molar-refractivity contribution in [1.29, 1.82) is 0 Å². The Bertz CT molecular complexity index is 1360. The number of aliphatic hydroxyl groups excluding tert-OH is 1. The lowest BCUT2D eigenvalue weighted by molar-refractivity contribution is 0.0341. The van der Waals surface area contributed by atoms with Crippen LogP contribution >= 0.6 is 0 Å². The number of sulfonamides is 1. The largest absolute Gasteiger partial charge is 0.488 e. The Morgan fingerprint density at radius 2 is 1.97 bits per heavy atom. The normalized spacial score (nSPS) is 18.9. The smallest absolute Gasteiger partial charge is 0.280 e. The number of nitrogens with zero attached hydrogens (tertiary/aromatic N) is 4. The van der Waals surface area contributed by atoms with Gasteiger partial charge in [0.1, 0.15) is 11.9 Å². The number of likely N-dealkylation sites (N-methyl/N-ethyl adjacent to an activating group) is 1. The van der Waals surface area contributed by atoms with E-state index in [9.17, 15) is 18.3 Å². The average molecular weight is 542 g/mol. The fraction of sp³-hybridized carbons (Fsp3) is 0.407. The van der Waals surface area contributed by atoms with Gasteiger partial charge in [0, 0.05) is 44.5 Å². The number of aryl methyl sites for hydroxylation is 1. The first-order valence-electron chi connectivity index (χ1n) is 12.5. The molecule has 0 aliphatic carbocycles. The Hall–Kier alpha value is -3.41. The molecule has 204 valence electrons. The molecule has 2 heterocycles. The van der Waals surface area contributed by atoms with Gasteiger partial charge in [0.05, 0.1) is 24.5 Å². The topological polar surface area (TPSA) is 117 Å². The number of amides is 1. The van der Waals surface area contributed by atoms with Crippen LogP contribution in [0.25, 0.3) is 0 Å². The highest BCUT2D eigenvalue weighted by Gasteiger charge is 2.34. The van der Waals surface area contributed by atoms with E-state index in [1.165, 1.54) is 28.7 Å². The molecule has 1 amide bonds. The van der Waals surface area contributed by atoms with Crippen LogP contribution in [0.2, 0.25) is 0 Å². The summed E-state index contributed by atoms with van der Waals surface area (Å²) in [6.07, 6.45) is 2.55. The highest BCUT2D eigenvalue weighted by molar-refractivity contribution is 7.92. The number of anilines is 1. The summed E-state index contributed by atoms with van der Waals surface area (Å²) in [5.74, 6) is 0.0145. The van der Waals surface area contributed by atoms with Gasteiger partial charge in [-0.15, -0.1) is 0 Å². The first-order chi connectivity index (χ1) is 18.1. The number of rotatable bonds is 9. The molecule has 0 unspecified atom stereocenters. The second-order valence-electron chi connectivity index (χ2n) is 10.00. The predicted molar refractivity (Wildman–Crippen MR) is 144 cm³/mol. The molecule has 3 aromatic rings. The molecule has 0 bridgehead atoms. The number of benzene rings is 2. The summed E-state index contributed by atoms with van der Waals surface area (Å²) in [5, 5.41) is 9.75. The van der Waals surface area contributed by atoms with Crippen LogP contribution in [0, 0.1) is 5.92 Å². The first-order valence-corrected chi connectivity index (χ1v) is 14.0. The van der Waals surface area contributed by atoms with E-state index in [0.717, 1.165) is 6.54 Å². The fourth-order valence-corrected chi connectivity index (χ4v) is 5.54. The molecule has 0 fully saturated rings. The van der Waals surface area contributed by atoms with Gasteiger partial charge in [-0.1, -0.05) is 37.3 Å². The molecule has 0 spiro atoms. The van der Waals surface area contributed by atoms with Crippen LogP contribution in [0.4, 0.5) is 5.69 Å². The maximum atomic E-state index is 13.6. The summed E-state index contributed by atoms with van der Waals surface area (Å²) in [6, 6.07) is 14.4. The summed E-state index contributed by atoms with van der Waals surface area (Å²) in [6.45, 7) is 5.36. The number of imidazole rings is 1. The Labute approximate surface area is 223 Å². The Kier molecular flexibility index (Phi) is 8.39. The van der Waals surface area contributed by atoms with Crippen molar-refractivity contribution in [3.8, 4) is 5.75 Å². The third-order valence-corrected chi connectivity index (χ3v) is 7.93. The van der Waals surface area contributed by atoms with Gasteiger partial charge >= 0.3 is 0 Å². The van der Waals surface area contributed by atoms with Crippen molar-refractivity contribution in [2.45, 2.75) is 37.6 Å². The van der Waals surface area contributed by atoms with Gasteiger partial charge in [-0.25, -0.2) is 4.98 Å². The second-order valence-corrected chi connectivity index (χ2v) is 11.6. The molecule has 10 nitrogen and oxygen atoms in total. The number of carbonyl (C=O) groups is 1. The van der Waals surface area contributed by atoms with Gasteiger partial charge in [0.2, 0.25) is 0 Å². The zero-order chi connectivity index (χ0) is 27.4. The molecule has 1 aliphatic heterocycles. The number of aromatic nitrogens is 2. The van der Waals surface area contributed by atoms with E-state index in [2.05, 4.69) is 26.7 Å².